The summed E-state index contributed by atoms with van der Waals surface area (Å²) in [6.07, 6.45) is 2.03. The SMILES string of the molecule is CCc1ccccc1NC(=S)NNC(=S)NCCC(C)C. The van der Waals surface area contributed by atoms with Crippen LogP contribution in [-0.4, -0.2) is 16.8 Å². The minimum Gasteiger partial charge on any atom is -0.361 e. The van der Waals surface area contributed by atoms with E-state index in [1.54, 1.807) is 0 Å². The van der Waals surface area contributed by atoms with Gasteiger partial charge in [0.05, 0.1) is 0 Å². The third-order valence-corrected chi connectivity index (χ3v) is 3.39. The summed E-state index contributed by atoms with van der Waals surface area (Å²) in [5, 5.41) is 7.32. The van der Waals surface area contributed by atoms with Gasteiger partial charge in [-0.1, -0.05) is 39.0 Å². The summed E-state index contributed by atoms with van der Waals surface area (Å²) >= 11 is 10.4. The Bertz CT molecular complexity index is 474. The molecule has 4 nitrogen and oxygen atoms in total. The maximum Gasteiger partial charge on any atom is 0.189 e. The highest BCUT2D eigenvalue weighted by atomic mass is 32.1. The van der Waals surface area contributed by atoms with E-state index >= 15 is 0 Å². The Morgan fingerprint density at radius 1 is 1.10 bits per heavy atom. The zero-order chi connectivity index (χ0) is 15.7. The highest BCUT2D eigenvalue weighted by molar-refractivity contribution is 7.80. The van der Waals surface area contributed by atoms with Gasteiger partial charge in [0.15, 0.2) is 10.2 Å². The lowest BCUT2D eigenvalue weighted by Crippen LogP contribution is -2.48. The minimum atomic E-state index is 0.490. The van der Waals surface area contributed by atoms with E-state index in [9.17, 15) is 0 Å². The van der Waals surface area contributed by atoms with Crippen molar-refractivity contribution in [2.75, 3.05) is 11.9 Å². The van der Waals surface area contributed by atoms with E-state index in [1.165, 1.54) is 5.56 Å². The van der Waals surface area contributed by atoms with Crippen molar-refractivity contribution in [2.24, 2.45) is 5.92 Å². The van der Waals surface area contributed by atoms with Gasteiger partial charge in [0.1, 0.15) is 0 Å². The van der Waals surface area contributed by atoms with Gasteiger partial charge in [-0.2, -0.15) is 0 Å². The lowest BCUT2D eigenvalue weighted by molar-refractivity contribution is 0.575. The summed E-state index contributed by atoms with van der Waals surface area (Å²) in [6, 6.07) is 8.09. The molecule has 1 aromatic rings. The Balaban J connectivity index is 2.32. The zero-order valence-corrected chi connectivity index (χ0v) is 14.5. The van der Waals surface area contributed by atoms with Crippen LogP contribution in [0.2, 0.25) is 0 Å². The molecule has 21 heavy (non-hydrogen) atoms. The van der Waals surface area contributed by atoms with E-state index in [1.807, 2.05) is 18.2 Å². The summed E-state index contributed by atoms with van der Waals surface area (Å²) in [5.74, 6) is 0.654. The number of para-hydroxylation sites is 1. The van der Waals surface area contributed by atoms with Gasteiger partial charge in [-0.15, -0.1) is 0 Å². The normalized spacial score (nSPS) is 10.1. The Kier molecular flexibility index (Phi) is 8.00. The molecule has 1 aromatic carbocycles. The van der Waals surface area contributed by atoms with Crippen LogP contribution in [0, 0.1) is 5.92 Å². The van der Waals surface area contributed by atoms with Crippen molar-refractivity contribution in [3.8, 4) is 0 Å². The van der Waals surface area contributed by atoms with Crippen LogP contribution in [0.3, 0.4) is 0 Å². The first-order valence-electron chi connectivity index (χ1n) is 7.21. The molecule has 0 saturated heterocycles. The number of anilines is 1. The summed E-state index contributed by atoms with van der Waals surface area (Å²) in [6.45, 7) is 7.33. The first-order chi connectivity index (χ1) is 10.0. The third kappa shape index (κ3) is 7.24. The highest BCUT2D eigenvalue weighted by Gasteiger charge is 2.02. The molecule has 0 bridgehead atoms. The maximum absolute atomic E-state index is 5.24. The molecule has 0 aromatic heterocycles. The minimum absolute atomic E-state index is 0.490. The lowest BCUT2D eigenvalue weighted by atomic mass is 10.1. The number of hydrogen-bond donors (Lipinski definition) is 4. The Morgan fingerprint density at radius 3 is 2.43 bits per heavy atom. The molecule has 1 rings (SSSR count). The molecule has 0 aliphatic rings. The monoisotopic (exact) mass is 324 g/mol. The molecule has 0 saturated carbocycles. The quantitative estimate of drug-likeness (QED) is 0.493. The first-order valence-corrected chi connectivity index (χ1v) is 8.03. The van der Waals surface area contributed by atoms with Crippen LogP contribution in [0.1, 0.15) is 32.8 Å². The molecule has 0 amide bonds. The molecule has 116 valence electrons. The van der Waals surface area contributed by atoms with Crippen LogP contribution in [0.15, 0.2) is 24.3 Å². The molecule has 4 N–H and O–H groups in total. The van der Waals surface area contributed by atoms with Gasteiger partial charge in [-0.25, -0.2) is 0 Å². The maximum atomic E-state index is 5.24. The number of thiocarbonyl (C=S) groups is 2. The Morgan fingerprint density at radius 2 is 1.76 bits per heavy atom. The van der Waals surface area contributed by atoms with Gasteiger partial charge in [0.25, 0.3) is 0 Å². The number of benzene rings is 1. The second-order valence-corrected chi connectivity index (χ2v) is 5.97. The van der Waals surface area contributed by atoms with Crippen LogP contribution >= 0.6 is 24.4 Å². The zero-order valence-electron chi connectivity index (χ0n) is 12.8. The number of aryl methyl sites for hydroxylation is 1. The number of hydrazine groups is 1. The fourth-order valence-electron chi connectivity index (χ4n) is 1.74. The Hall–Kier alpha value is -1.40. The number of nitrogens with one attached hydrogen (secondary N) is 4. The molecular formula is C15H24N4S2. The van der Waals surface area contributed by atoms with E-state index < -0.39 is 0 Å². The van der Waals surface area contributed by atoms with Crippen LogP contribution in [-0.2, 0) is 6.42 Å². The van der Waals surface area contributed by atoms with Crippen molar-refractivity contribution in [3.05, 3.63) is 29.8 Å². The fraction of sp³-hybridized carbons (Fsp3) is 0.467. The van der Waals surface area contributed by atoms with Gasteiger partial charge < -0.3 is 10.6 Å². The van der Waals surface area contributed by atoms with Gasteiger partial charge in [-0.3, -0.25) is 10.9 Å². The van der Waals surface area contributed by atoms with Crippen LogP contribution < -0.4 is 21.5 Å². The number of rotatable bonds is 5. The predicted octanol–water partition coefficient (Wildman–Crippen LogP) is 2.96. The molecule has 0 aliphatic carbocycles. The van der Waals surface area contributed by atoms with Crippen molar-refractivity contribution in [2.45, 2.75) is 33.6 Å². The van der Waals surface area contributed by atoms with E-state index in [0.717, 1.165) is 25.1 Å². The molecule has 0 unspecified atom stereocenters. The average Bonchev–Trinajstić information content (AvgIpc) is 2.45. The molecule has 0 atom stereocenters. The van der Waals surface area contributed by atoms with Crippen molar-refractivity contribution >= 4 is 40.3 Å². The molecule has 0 spiro atoms. The molecular weight excluding hydrogens is 300 g/mol. The fourth-order valence-corrected chi connectivity index (χ4v) is 2.05. The topological polar surface area (TPSA) is 48.1 Å². The van der Waals surface area contributed by atoms with Crippen LogP contribution in [0.25, 0.3) is 0 Å². The summed E-state index contributed by atoms with van der Waals surface area (Å²) < 4.78 is 0. The Labute approximate surface area is 138 Å². The molecule has 0 aliphatic heterocycles. The van der Waals surface area contributed by atoms with E-state index in [0.29, 0.717) is 16.1 Å². The summed E-state index contributed by atoms with van der Waals surface area (Å²) in [4.78, 5) is 0. The van der Waals surface area contributed by atoms with Crippen LogP contribution in [0.4, 0.5) is 5.69 Å². The molecule has 0 heterocycles. The van der Waals surface area contributed by atoms with E-state index in [4.69, 9.17) is 24.4 Å². The largest absolute Gasteiger partial charge is 0.361 e. The van der Waals surface area contributed by atoms with E-state index in [2.05, 4.69) is 48.3 Å². The predicted molar refractivity (Wildman–Crippen MR) is 98.4 cm³/mol. The first kappa shape index (κ1) is 17.7. The number of hydrogen-bond acceptors (Lipinski definition) is 2. The highest BCUT2D eigenvalue weighted by Crippen LogP contribution is 2.14. The van der Waals surface area contributed by atoms with Gasteiger partial charge >= 0.3 is 0 Å². The van der Waals surface area contributed by atoms with Crippen LogP contribution in [0.5, 0.6) is 0 Å². The van der Waals surface area contributed by atoms with Crippen molar-refractivity contribution in [1.29, 1.82) is 0 Å². The summed E-state index contributed by atoms with van der Waals surface area (Å²) in [7, 11) is 0. The van der Waals surface area contributed by atoms with E-state index in [-0.39, 0.29) is 0 Å². The van der Waals surface area contributed by atoms with Gasteiger partial charge in [0.2, 0.25) is 0 Å². The van der Waals surface area contributed by atoms with Crippen molar-refractivity contribution in [1.82, 2.24) is 16.2 Å². The second-order valence-electron chi connectivity index (χ2n) is 5.15. The standard InChI is InChI=1S/C15H24N4S2/c1-4-12-7-5-6-8-13(12)17-15(21)19-18-14(20)16-10-9-11(2)3/h5-8,11H,4,9-10H2,1-3H3,(H2,16,18,20)(H2,17,19,21). The smallest absolute Gasteiger partial charge is 0.189 e. The average molecular weight is 325 g/mol. The van der Waals surface area contributed by atoms with Gasteiger partial charge in [0, 0.05) is 12.2 Å². The summed E-state index contributed by atoms with van der Waals surface area (Å²) in [5.41, 5.74) is 8.00. The van der Waals surface area contributed by atoms with Crippen molar-refractivity contribution < 1.29 is 0 Å². The lowest BCUT2D eigenvalue weighted by Gasteiger charge is -2.16. The van der Waals surface area contributed by atoms with Crippen molar-refractivity contribution in [3.63, 3.8) is 0 Å². The second kappa shape index (κ2) is 9.52. The molecule has 0 fully saturated rings. The van der Waals surface area contributed by atoms with Gasteiger partial charge in [-0.05, 0) is 54.8 Å². The third-order valence-electron chi connectivity index (χ3n) is 2.94. The molecule has 0 radical (unpaired) electrons. The molecule has 6 heteroatoms.